The topological polar surface area (TPSA) is 45.2 Å². The molecule has 0 aliphatic carbocycles. The summed E-state index contributed by atoms with van der Waals surface area (Å²) < 4.78 is 0. The van der Waals surface area contributed by atoms with Crippen LogP contribution in [-0.2, 0) is 11.2 Å². The van der Waals surface area contributed by atoms with Crippen LogP contribution < -0.4 is 5.32 Å². The van der Waals surface area contributed by atoms with Gasteiger partial charge in [0.2, 0.25) is 5.91 Å². The number of benzene rings is 1. The van der Waals surface area contributed by atoms with Gasteiger partial charge in [0, 0.05) is 24.0 Å². The van der Waals surface area contributed by atoms with Gasteiger partial charge in [0.05, 0.1) is 12.1 Å². The Morgan fingerprint density at radius 1 is 1.46 bits per heavy atom. The van der Waals surface area contributed by atoms with Gasteiger partial charge < -0.3 is 10.2 Å². The molecule has 1 fully saturated rings. The average molecular weight is 343 g/mol. The lowest BCUT2D eigenvalue weighted by Crippen LogP contribution is -2.43. The van der Waals surface area contributed by atoms with Gasteiger partial charge in [-0.25, -0.2) is 4.98 Å². The normalized spacial score (nSPS) is 17.9. The van der Waals surface area contributed by atoms with Gasteiger partial charge in [-0.2, -0.15) is 0 Å². The highest BCUT2D eigenvalue weighted by molar-refractivity contribution is 7.13. The van der Waals surface area contributed by atoms with E-state index in [2.05, 4.69) is 35.4 Å². The van der Waals surface area contributed by atoms with Crippen LogP contribution in [0.1, 0.15) is 24.1 Å². The van der Waals surface area contributed by atoms with Crippen LogP contribution in [0.5, 0.6) is 0 Å². The van der Waals surface area contributed by atoms with E-state index in [1.165, 1.54) is 12.0 Å². The molecule has 0 bridgehead atoms. The van der Waals surface area contributed by atoms with E-state index in [9.17, 15) is 4.79 Å². The molecule has 1 atom stereocenters. The maximum absolute atomic E-state index is 12.6. The number of aryl methyl sites for hydroxylation is 1. The number of likely N-dealkylation sites (tertiary alicyclic amines) is 1. The quantitative estimate of drug-likeness (QED) is 0.907. The van der Waals surface area contributed by atoms with E-state index in [1.54, 1.807) is 11.3 Å². The summed E-state index contributed by atoms with van der Waals surface area (Å²) in [6, 6.07) is 8.34. The predicted octanol–water partition coefficient (Wildman–Crippen LogP) is 3.12. The van der Waals surface area contributed by atoms with Crippen LogP contribution >= 0.6 is 11.3 Å². The van der Waals surface area contributed by atoms with Gasteiger partial charge in [0.1, 0.15) is 5.01 Å². The zero-order chi connectivity index (χ0) is 16.9. The minimum absolute atomic E-state index is 0.205. The average Bonchev–Trinajstić information content (AvgIpc) is 3.04. The SMILES string of the molecule is CNCC1CCCN(C(=O)Cc2csc(-c3cccc(C)c3)n2)C1. The molecule has 1 amide bonds. The van der Waals surface area contributed by atoms with Gasteiger partial charge in [-0.1, -0.05) is 23.8 Å². The second-order valence-electron chi connectivity index (χ2n) is 6.60. The van der Waals surface area contributed by atoms with Crippen LogP contribution in [0.25, 0.3) is 10.6 Å². The number of nitrogens with one attached hydrogen (secondary N) is 1. The van der Waals surface area contributed by atoms with Crippen molar-refractivity contribution >= 4 is 17.2 Å². The smallest absolute Gasteiger partial charge is 0.228 e. The maximum Gasteiger partial charge on any atom is 0.228 e. The van der Waals surface area contributed by atoms with E-state index < -0.39 is 0 Å². The number of rotatable bonds is 5. The number of carbonyl (C=O) groups excluding carboxylic acids is 1. The number of piperidine rings is 1. The summed E-state index contributed by atoms with van der Waals surface area (Å²) in [5, 5.41) is 6.24. The summed E-state index contributed by atoms with van der Waals surface area (Å²) in [7, 11) is 1.98. The number of hydrogen-bond donors (Lipinski definition) is 1. The Kier molecular flexibility index (Phi) is 5.63. The molecule has 1 aromatic carbocycles. The first-order valence-electron chi connectivity index (χ1n) is 8.59. The van der Waals surface area contributed by atoms with Crippen LogP contribution in [0.15, 0.2) is 29.6 Å². The van der Waals surface area contributed by atoms with E-state index in [0.717, 1.165) is 42.3 Å². The lowest BCUT2D eigenvalue weighted by molar-refractivity contribution is -0.132. The second kappa shape index (κ2) is 7.90. The summed E-state index contributed by atoms with van der Waals surface area (Å²) in [4.78, 5) is 19.3. The fourth-order valence-electron chi connectivity index (χ4n) is 3.31. The fraction of sp³-hybridized carbons (Fsp3) is 0.474. The lowest BCUT2D eigenvalue weighted by Gasteiger charge is -2.32. The molecule has 24 heavy (non-hydrogen) atoms. The molecular weight excluding hydrogens is 318 g/mol. The van der Waals surface area contributed by atoms with Crippen molar-refractivity contribution in [2.24, 2.45) is 5.92 Å². The minimum Gasteiger partial charge on any atom is -0.342 e. The monoisotopic (exact) mass is 343 g/mol. The van der Waals surface area contributed by atoms with Crippen molar-refractivity contribution in [2.75, 3.05) is 26.7 Å². The van der Waals surface area contributed by atoms with Crippen molar-refractivity contribution in [2.45, 2.75) is 26.2 Å². The molecule has 1 unspecified atom stereocenters. The molecule has 1 saturated heterocycles. The Morgan fingerprint density at radius 3 is 3.12 bits per heavy atom. The summed E-state index contributed by atoms with van der Waals surface area (Å²) in [5.74, 6) is 0.780. The number of amides is 1. The van der Waals surface area contributed by atoms with E-state index in [4.69, 9.17) is 0 Å². The molecule has 1 aliphatic heterocycles. The van der Waals surface area contributed by atoms with Crippen LogP contribution in [0, 0.1) is 12.8 Å². The van der Waals surface area contributed by atoms with Gasteiger partial charge in [-0.05, 0) is 45.3 Å². The number of hydrogen-bond acceptors (Lipinski definition) is 4. The summed E-state index contributed by atoms with van der Waals surface area (Å²) in [6.07, 6.45) is 2.72. The number of thiazole rings is 1. The summed E-state index contributed by atoms with van der Waals surface area (Å²) in [6.45, 7) is 4.82. The third-order valence-electron chi connectivity index (χ3n) is 4.51. The minimum atomic E-state index is 0.205. The molecule has 2 heterocycles. The Hall–Kier alpha value is -1.72. The molecule has 2 aromatic rings. The molecule has 1 aromatic heterocycles. The molecule has 0 spiro atoms. The number of aromatic nitrogens is 1. The van der Waals surface area contributed by atoms with Crippen molar-refractivity contribution in [3.05, 3.63) is 40.9 Å². The summed E-state index contributed by atoms with van der Waals surface area (Å²) in [5.41, 5.74) is 3.24. The van der Waals surface area contributed by atoms with Gasteiger partial charge >= 0.3 is 0 Å². The Labute approximate surface area is 147 Å². The van der Waals surface area contributed by atoms with Gasteiger partial charge in [0.25, 0.3) is 0 Å². The first kappa shape index (κ1) is 17.1. The largest absolute Gasteiger partial charge is 0.342 e. The van der Waals surface area contributed by atoms with Crippen LogP contribution in [0.4, 0.5) is 0 Å². The highest BCUT2D eigenvalue weighted by Crippen LogP contribution is 2.25. The van der Waals surface area contributed by atoms with Crippen molar-refractivity contribution in [1.82, 2.24) is 15.2 Å². The Balaban J connectivity index is 1.63. The first-order chi connectivity index (χ1) is 11.7. The highest BCUT2D eigenvalue weighted by atomic mass is 32.1. The molecule has 1 N–H and O–H groups in total. The maximum atomic E-state index is 12.6. The number of carbonyl (C=O) groups is 1. The van der Waals surface area contributed by atoms with Crippen LogP contribution in [0.3, 0.4) is 0 Å². The second-order valence-corrected chi connectivity index (χ2v) is 7.45. The zero-order valence-corrected chi connectivity index (χ0v) is 15.2. The Morgan fingerprint density at radius 2 is 2.33 bits per heavy atom. The van der Waals surface area contributed by atoms with Crippen molar-refractivity contribution in [1.29, 1.82) is 0 Å². The first-order valence-corrected chi connectivity index (χ1v) is 9.47. The highest BCUT2D eigenvalue weighted by Gasteiger charge is 2.23. The van der Waals surface area contributed by atoms with E-state index in [0.29, 0.717) is 12.3 Å². The third kappa shape index (κ3) is 4.22. The molecule has 0 radical (unpaired) electrons. The molecule has 128 valence electrons. The molecule has 0 saturated carbocycles. The molecule has 4 nitrogen and oxygen atoms in total. The predicted molar refractivity (Wildman–Crippen MR) is 99.2 cm³/mol. The number of nitrogens with zero attached hydrogens (tertiary/aromatic N) is 2. The molecular formula is C19H25N3OS. The van der Waals surface area contributed by atoms with Crippen molar-refractivity contribution in [3.63, 3.8) is 0 Å². The third-order valence-corrected chi connectivity index (χ3v) is 5.45. The van der Waals surface area contributed by atoms with Crippen molar-refractivity contribution in [3.8, 4) is 10.6 Å². The molecule has 5 heteroatoms. The van der Waals surface area contributed by atoms with E-state index >= 15 is 0 Å². The Bertz CT molecular complexity index is 695. The standard InChI is InChI=1S/C19H25N3OS/c1-14-5-3-7-16(9-14)19-21-17(13-24-19)10-18(23)22-8-4-6-15(12-22)11-20-2/h3,5,7,9,13,15,20H,4,6,8,10-12H2,1-2H3. The zero-order valence-electron chi connectivity index (χ0n) is 14.4. The summed E-state index contributed by atoms with van der Waals surface area (Å²) >= 11 is 1.62. The van der Waals surface area contributed by atoms with E-state index in [-0.39, 0.29) is 5.91 Å². The van der Waals surface area contributed by atoms with Gasteiger partial charge in [-0.15, -0.1) is 11.3 Å². The molecule has 1 aliphatic rings. The van der Waals surface area contributed by atoms with E-state index in [1.807, 2.05) is 23.4 Å². The van der Waals surface area contributed by atoms with Crippen LogP contribution in [0.2, 0.25) is 0 Å². The van der Waals surface area contributed by atoms with Crippen LogP contribution in [-0.4, -0.2) is 42.5 Å². The lowest BCUT2D eigenvalue weighted by atomic mass is 9.97. The van der Waals surface area contributed by atoms with Gasteiger partial charge in [-0.3, -0.25) is 4.79 Å². The van der Waals surface area contributed by atoms with Crippen molar-refractivity contribution < 1.29 is 4.79 Å². The van der Waals surface area contributed by atoms with Gasteiger partial charge in [0.15, 0.2) is 0 Å². The fourth-order valence-corrected chi connectivity index (χ4v) is 4.13. The molecule has 3 rings (SSSR count).